The third-order valence-electron chi connectivity index (χ3n) is 6.80. The molecule has 40 heavy (non-hydrogen) atoms. The summed E-state index contributed by atoms with van der Waals surface area (Å²) in [5.41, 5.74) is 13.3. The van der Waals surface area contributed by atoms with Gasteiger partial charge in [0, 0.05) is 23.6 Å². The summed E-state index contributed by atoms with van der Waals surface area (Å²) in [4.78, 5) is 35.0. The van der Waals surface area contributed by atoms with Crippen molar-refractivity contribution in [1.29, 1.82) is 0 Å². The van der Waals surface area contributed by atoms with Crippen LogP contribution in [-0.4, -0.2) is 35.4 Å². The van der Waals surface area contributed by atoms with Gasteiger partial charge in [-0.25, -0.2) is 4.79 Å². The van der Waals surface area contributed by atoms with Crippen LogP contribution in [0.25, 0.3) is 0 Å². The Labute approximate surface area is 241 Å². The molecule has 0 aliphatic heterocycles. The number of hydrogen-bond acceptors (Lipinski definition) is 6. The number of amides is 1. The first-order valence-corrected chi connectivity index (χ1v) is 13.2. The Morgan fingerprint density at radius 2 is 1.55 bits per heavy atom. The lowest BCUT2D eigenvalue weighted by molar-refractivity contribution is -0.142. The molecular weight excluding hydrogens is 530 g/mol. The van der Waals surface area contributed by atoms with Crippen molar-refractivity contribution in [2.24, 2.45) is 17.6 Å². The monoisotopic (exact) mass is 567 g/mol. The van der Waals surface area contributed by atoms with Crippen LogP contribution in [0.3, 0.4) is 0 Å². The van der Waals surface area contributed by atoms with Gasteiger partial charge in [-0.1, -0.05) is 30.3 Å². The lowest BCUT2D eigenvalue weighted by Crippen LogP contribution is -2.45. The second kappa shape index (κ2) is 16.3. The molecule has 0 saturated heterocycles. The topological polar surface area (TPSA) is 145 Å². The van der Waals surface area contributed by atoms with Crippen molar-refractivity contribution in [2.75, 3.05) is 12.3 Å². The number of hydrogen-bond donors (Lipinski definition) is 4. The van der Waals surface area contributed by atoms with Gasteiger partial charge in [0.1, 0.15) is 17.5 Å². The number of carboxylic acids is 1. The lowest BCUT2D eigenvalue weighted by Gasteiger charge is -2.27. The van der Waals surface area contributed by atoms with Gasteiger partial charge < -0.3 is 26.6 Å². The van der Waals surface area contributed by atoms with E-state index >= 15 is 0 Å². The summed E-state index contributed by atoms with van der Waals surface area (Å²) in [7, 11) is 0. The van der Waals surface area contributed by atoms with E-state index in [1.807, 2.05) is 54.6 Å². The SMILES string of the molecule is CC(=O)c1ccc(N)cc1.Cl.NCC1CCC(C(=O)NC(Cc2cccc(Oc3ccccc3)c2)C(=O)O)CC1. The van der Waals surface area contributed by atoms with Gasteiger partial charge in [0.2, 0.25) is 5.91 Å². The van der Waals surface area contributed by atoms with Gasteiger partial charge in [0.15, 0.2) is 5.78 Å². The summed E-state index contributed by atoms with van der Waals surface area (Å²) in [5, 5.41) is 12.3. The van der Waals surface area contributed by atoms with Gasteiger partial charge in [-0.15, -0.1) is 12.4 Å². The molecule has 1 aliphatic carbocycles. The van der Waals surface area contributed by atoms with E-state index in [-0.39, 0.29) is 36.4 Å². The van der Waals surface area contributed by atoms with Gasteiger partial charge in [-0.3, -0.25) is 9.59 Å². The predicted octanol–water partition coefficient (Wildman–Crippen LogP) is 5.25. The van der Waals surface area contributed by atoms with Crippen LogP contribution in [-0.2, 0) is 16.0 Å². The number of carbonyl (C=O) groups is 3. The van der Waals surface area contributed by atoms with E-state index in [2.05, 4.69) is 5.32 Å². The normalized spacial score (nSPS) is 16.8. The molecule has 3 aromatic carbocycles. The second-order valence-electron chi connectivity index (χ2n) is 9.80. The molecule has 1 aliphatic rings. The van der Waals surface area contributed by atoms with E-state index in [4.69, 9.17) is 16.2 Å². The minimum Gasteiger partial charge on any atom is -0.480 e. The minimum absolute atomic E-state index is 0. The fraction of sp³-hybridized carbons (Fsp3) is 0.323. The maximum Gasteiger partial charge on any atom is 0.326 e. The van der Waals surface area contributed by atoms with Crippen molar-refractivity contribution in [2.45, 2.75) is 45.1 Å². The number of benzene rings is 3. The lowest BCUT2D eigenvalue weighted by atomic mass is 9.81. The van der Waals surface area contributed by atoms with Crippen molar-refractivity contribution in [3.8, 4) is 11.5 Å². The maximum absolute atomic E-state index is 12.6. The first kappa shape index (κ1) is 32.3. The Hall–Kier alpha value is -3.88. The summed E-state index contributed by atoms with van der Waals surface area (Å²) in [5.74, 6) is 0.534. The highest BCUT2D eigenvalue weighted by Crippen LogP contribution is 2.28. The molecule has 1 fully saturated rings. The highest BCUT2D eigenvalue weighted by Gasteiger charge is 2.29. The highest BCUT2D eigenvalue weighted by molar-refractivity contribution is 5.94. The molecular formula is C31H38ClN3O5. The molecule has 1 unspecified atom stereocenters. The van der Waals surface area contributed by atoms with Crippen LogP contribution in [0.4, 0.5) is 5.69 Å². The highest BCUT2D eigenvalue weighted by atomic mass is 35.5. The Bertz CT molecular complexity index is 1230. The van der Waals surface area contributed by atoms with Crippen molar-refractivity contribution >= 4 is 35.8 Å². The number of aliphatic carboxylic acids is 1. The van der Waals surface area contributed by atoms with Crippen molar-refractivity contribution < 1.29 is 24.2 Å². The number of para-hydroxylation sites is 1. The van der Waals surface area contributed by atoms with Crippen LogP contribution < -0.4 is 21.5 Å². The number of ketones is 1. The maximum atomic E-state index is 12.6. The molecule has 8 nitrogen and oxygen atoms in total. The summed E-state index contributed by atoms with van der Waals surface area (Å²) in [6.45, 7) is 2.18. The van der Waals surface area contributed by atoms with Crippen LogP contribution in [0.2, 0.25) is 0 Å². The Morgan fingerprint density at radius 1 is 0.925 bits per heavy atom. The summed E-state index contributed by atoms with van der Waals surface area (Å²) < 4.78 is 5.81. The quantitative estimate of drug-likeness (QED) is 0.204. The number of anilines is 1. The third kappa shape index (κ3) is 10.4. The summed E-state index contributed by atoms with van der Waals surface area (Å²) >= 11 is 0. The van der Waals surface area contributed by atoms with Gasteiger partial charge in [0.05, 0.1) is 0 Å². The smallest absolute Gasteiger partial charge is 0.326 e. The molecule has 0 radical (unpaired) electrons. The average Bonchev–Trinajstić information content (AvgIpc) is 2.94. The van der Waals surface area contributed by atoms with Crippen molar-refractivity contribution in [3.63, 3.8) is 0 Å². The number of rotatable bonds is 9. The van der Waals surface area contributed by atoms with Crippen LogP contribution in [0.15, 0.2) is 78.9 Å². The van der Waals surface area contributed by atoms with E-state index in [0.29, 0.717) is 35.2 Å². The molecule has 4 rings (SSSR count). The first-order chi connectivity index (χ1) is 18.7. The Morgan fingerprint density at radius 3 is 2.12 bits per heavy atom. The number of nitrogens with one attached hydrogen (secondary N) is 1. The largest absolute Gasteiger partial charge is 0.480 e. The van der Waals surface area contributed by atoms with E-state index in [1.54, 1.807) is 24.3 Å². The summed E-state index contributed by atoms with van der Waals surface area (Å²) in [6.07, 6.45) is 3.57. The molecule has 0 bridgehead atoms. The fourth-order valence-corrected chi connectivity index (χ4v) is 4.46. The molecule has 1 amide bonds. The Kier molecular flexibility index (Phi) is 13.2. The number of ether oxygens (including phenoxy) is 1. The van der Waals surface area contributed by atoms with Gasteiger partial charge in [-0.2, -0.15) is 0 Å². The Balaban J connectivity index is 0.000000431. The van der Waals surface area contributed by atoms with E-state index < -0.39 is 12.0 Å². The van der Waals surface area contributed by atoms with Crippen molar-refractivity contribution in [1.82, 2.24) is 5.32 Å². The van der Waals surface area contributed by atoms with Crippen LogP contribution >= 0.6 is 12.4 Å². The molecule has 1 saturated carbocycles. The number of carbonyl (C=O) groups excluding carboxylic acids is 2. The van der Waals surface area contributed by atoms with Gasteiger partial charge in [-0.05, 0) is 99.2 Å². The molecule has 0 spiro atoms. The molecule has 3 aromatic rings. The summed E-state index contributed by atoms with van der Waals surface area (Å²) in [6, 6.07) is 22.6. The first-order valence-electron chi connectivity index (χ1n) is 13.2. The molecule has 0 heterocycles. The molecule has 6 N–H and O–H groups in total. The molecule has 214 valence electrons. The number of nitrogens with two attached hydrogens (primary N) is 2. The zero-order valence-electron chi connectivity index (χ0n) is 22.6. The van der Waals surface area contributed by atoms with E-state index in [0.717, 1.165) is 31.2 Å². The average molecular weight is 568 g/mol. The second-order valence-corrected chi connectivity index (χ2v) is 9.80. The molecule has 9 heteroatoms. The van der Waals surface area contributed by atoms with Crippen LogP contribution in [0, 0.1) is 11.8 Å². The van der Waals surface area contributed by atoms with E-state index in [9.17, 15) is 19.5 Å². The minimum atomic E-state index is -1.04. The van der Waals surface area contributed by atoms with Crippen molar-refractivity contribution in [3.05, 3.63) is 90.0 Å². The number of carboxylic acid groups (broad SMARTS) is 1. The number of halogens is 1. The van der Waals surface area contributed by atoms with Crippen LogP contribution in [0.5, 0.6) is 11.5 Å². The van der Waals surface area contributed by atoms with E-state index in [1.165, 1.54) is 6.92 Å². The zero-order chi connectivity index (χ0) is 28.2. The standard InChI is InChI=1S/C23H28N2O4.C8H9NO.ClH/c24-15-16-9-11-18(12-10-16)22(26)25-21(23(27)28)14-17-5-4-8-20(13-17)29-19-6-2-1-3-7-19;1-6(10)7-2-4-8(9)5-3-7;/h1-8,13,16,18,21H,9-12,14-15,24H2,(H,25,26)(H,27,28);2-5H,9H2,1H3;1H. The number of Topliss-reactive ketones (excluding diaryl/α,β-unsaturated/α-hetero) is 1. The van der Waals surface area contributed by atoms with Gasteiger partial charge >= 0.3 is 5.97 Å². The number of nitrogen functional groups attached to an aromatic ring is 1. The fourth-order valence-electron chi connectivity index (χ4n) is 4.46. The predicted molar refractivity (Wildman–Crippen MR) is 159 cm³/mol. The van der Waals surface area contributed by atoms with Crippen LogP contribution in [0.1, 0.15) is 48.5 Å². The molecule has 1 atom stereocenters. The van der Waals surface area contributed by atoms with Gasteiger partial charge in [0.25, 0.3) is 0 Å². The zero-order valence-corrected chi connectivity index (χ0v) is 23.4. The third-order valence-corrected chi connectivity index (χ3v) is 6.80. The molecule has 0 aromatic heterocycles.